The van der Waals surface area contributed by atoms with Gasteiger partial charge in [-0.25, -0.2) is 0 Å². The second kappa shape index (κ2) is 5.07. The quantitative estimate of drug-likeness (QED) is 0.844. The molecule has 1 aliphatic heterocycles. The summed E-state index contributed by atoms with van der Waals surface area (Å²) in [5.41, 5.74) is 2.71. The fraction of sp³-hybridized carbons (Fsp3) is 0.438. The molecule has 5 heteroatoms. The van der Waals surface area contributed by atoms with Gasteiger partial charge < -0.3 is 9.26 Å². The van der Waals surface area contributed by atoms with Crippen LogP contribution in [0.2, 0.25) is 0 Å². The Hall–Kier alpha value is -2.01. The summed E-state index contributed by atoms with van der Waals surface area (Å²) in [4.78, 5) is 16.4. The van der Waals surface area contributed by atoms with Gasteiger partial charge in [0, 0.05) is 12.3 Å². The smallest absolute Gasteiger partial charge is 0.239 e. The Labute approximate surface area is 122 Å². The van der Waals surface area contributed by atoms with Crippen LogP contribution in [0.25, 0.3) is 0 Å². The number of Topliss-reactive ketones (excluding diaryl/α,β-unsaturated/α-hetero) is 1. The summed E-state index contributed by atoms with van der Waals surface area (Å²) in [6.07, 6.45) is 2.30. The van der Waals surface area contributed by atoms with Crippen LogP contribution in [-0.2, 0) is 22.4 Å². The van der Waals surface area contributed by atoms with Crippen LogP contribution in [0.4, 0.5) is 0 Å². The molecular weight excluding hydrogens is 268 g/mol. The molecule has 0 radical (unpaired) electrons. The number of hydrogen-bond acceptors (Lipinski definition) is 5. The van der Waals surface area contributed by atoms with E-state index in [-0.39, 0.29) is 17.6 Å². The van der Waals surface area contributed by atoms with Crippen LogP contribution in [0.5, 0.6) is 0 Å². The summed E-state index contributed by atoms with van der Waals surface area (Å²) >= 11 is 0. The maximum atomic E-state index is 11.9. The lowest BCUT2D eigenvalue weighted by molar-refractivity contribution is -0.127. The zero-order chi connectivity index (χ0) is 14.2. The Balaban J connectivity index is 1.54. The first-order chi connectivity index (χ1) is 10.3. The zero-order valence-corrected chi connectivity index (χ0v) is 11.6. The van der Waals surface area contributed by atoms with E-state index >= 15 is 0 Å². The summed E-state index contributed by atoms with van der Waals surface area (Å²) in [5, 5.41) is 4.10. The van der Waals surface area contributed by atoms with Gasteiger partial charge >= 0.3 is 0 Å². The second-order valence-electron chi connectivity index (χ2n) is 5.71. The maximum Gasteiger partial charge on any atom is 0.239 e. The Morgan fingerprint density at radius 2 is 1.90 bits per heavy atom. The lowest BCUT2D eigenvalue weighted by Gasteiger charge is -2.17. The fourth-order valence-corrected chi connectivity index (χ4v) is 3.15. The lowest BCUT2D eigenvalue weighted by Crippen LogP contribution is -2.25. The molecule has 0 bridgehead atoms. The topological polar surface area (TPSA) is 65.2 Å². The summed E-state index contributed by atoms with van der Waals surface area (Å²) < 4.78 is 10.7. The predicted molar refractivity (Wildman–Crippen MR) is 74.1 cm³/mol. The zero-order valence-electron chi connectivity index (χ0n) is 11.6. The van der Waals surface area contributed by atoms with Crippen molar-refractivity contribution < 1.29 is 14.1 Å². The normalized spacial score (nSPS) is 22.5. The second-order valence-corrected chi connectivity index (χ2v) is 5.71. The van der Waals surface area contributed by atoms with Gasteiger partial charge in [0.15, 0.2) is 5.82 Å². The Morgan fingerprint density at radius 1 is 1.14 bits per heavy atom. The number of hydrogen-bond donors (Lipinski definition) is 0. The Bertz CT molecular complexity index is 655. The molecule has 4 rings (SSSR count). The largest absolute Gasteiger partial charge is 0.380 e. The molecule has 1 atom stereocenters. The monoisotopic (exact) mass is 284 g/mol. The first kappa shape index (κ1) is 12.7. The molecule has 21 heavy (non-hydrogen) atoms. The van der Waals surface area contributed by atoms with Gasteiger partial charge in [-0.3, -0.25) is 4.79 Å². The number of ketones is 1. The van der Waals surface area contributed by atoms with Crippen molar-refractivity contribution >= 4 is 5.78 Å². The third kappa shape index (κ3) is 2.27. The van der Waals surface area contributed by atoms with Gasteiger partial charge in [-0.05, 0) is 24.0 Å². The molecule has 1 aromatic carbocycles. The van der Waals surface area contributed by atoms with Gasteiger partial charge in [0.2, 0.25) is 5.89 Å². The highest BCUT2D eigenvalue weighted by molar-refractivity contribution is 5.85. The van der Waals surface area contributed by atoms with Gasteiger partial charge in [0.05, 0.1) is 13.2 Å². The molecule has 2 aromatic rings. The van der Waals surface area contributed by atoms with E-state index < -0.39 is 0 Å². The van der Waals surface area contributed by atoms with Gasteiger partial charge in [0.25, 0.3) is 0 Å². The van der Waals surface area contributed by atoms with E-state index in [2.05, 4.69) is 34.4 Å². The summed E-state index contributed by atoms with van der Waals surface area (Å²) in [7, 11) is 0. The Morgan fingerprint density at radius 3 is 2.62 bits per heavy atom. The van der Waals surface area contributed by atoms with Crippen LogP contribution in [0.1, 0.15) is 41.1 Å². The Kier molecular flexibility index (Phi) is 3.07. The molecule has 2 aliphatic rings. The van der Waals surface area contributed by atoms with Crippen molar-refractivity contribution in [3.05, 3.63) is 47.1 Å². The molecule has 1 unspecified atom stereocenters. The van der Waals surface area contributed by atoms with E-state index in [1.807, 2.05) is 0 Å². The minimum Gasteiger partial charge on any atom is -0.380 e. The van der Waals surface area contributed by atoms with Crippen LogP contribution in [0.3, 0.4) is 0 Å². The average molecular weight is 284 g/mol. The van der Waals surface area contributed by atoms with Crippen LogP contribution in [-0.4, -0.2) is 29.1 Å². The number of nitrogens with zero attached hydrogens (tertiary/aromatic N) is 2. The SMILES string of the molecule is O=C1CCOCC1c1nc(C2Cc3ccccc3C2)no1. The van der Waals surface area contributed by atoms with Crippen LogP contribution >= 0.6 is 0 Å². The number of rotatable bonds is 2. The third-order valence-corrected chi connectivity index (χ3v) is 4.34. The number of aromatic nitrogens is 2. The van der Waals surface area contributed by atoms with Crippen LogP contribution in [0, 0.1) is 0 Å². The fourth-order valence-electron chi connectivity index (χ4n) is 3.15. The van der Waals surface area contributed by atoms with E-state index in [1.54, 1.807) is 0 Å². The van der Waals surface area contributed by atoms with E-state index in [1.165, 1.54) is 11.1 Å². The van der Waals surface area contributed by atoms with Gasteiger partial charge in [0.1, 0.15) is 11.7 Å². The minimum atomic E-state index is -0.385. The van der Waals surface area contributed by atoms with Crippen LogP contribution < -0.4 is 0 Å². The number of carbonyl (C=O) groups excluding carboxylic acids is 1. The molecule has 0 saturated carbocycles. The molecule has 5 nitrogen and oxygen atoms in total. The van der Waals surface area contributed by atoms with Crippen molar-refractivity contribution in [2.75, 3.05) is 13.2 Å². The van der Waals surface area contributed by atoms with Crippen molar-refractivity contribution in [2.45, 2.75) is 31.1 Å². The molecule has 1 aromatic heterocycles. The molecular formula is C16H16N2O3. The lowest BCUT2D eigenvalue weighted by atomic mass is 10.0. The molecule has 0 amide bonds. The number of benzene rings is 1. The van der Waals surface area contributed by atoms with Gasteiger partial charge in [-0.15, -0.1) is 0 Å². The van der Waals surface area contributed by atoms with Crippen LogP contribution in [0.15, 0.2) is 28.8 Å². The summed E-state index contributed by atoms with van der Waals surface area (Å²) in [5.74, 6) is 1.11. The number of ether oxygens (including phenoxy) is 1. The molecule has 0 N–H and O–H groups in total. The molecule has 1 fully saturated rings. The van der Waals surface area contributed by atoms with E-state index in [9.17, 15) is 4.79 Å². The first-order valence-corrected chi connectivity index (χ1v) is 7.32. The summed E-state index contributed by atoms with van der Waals surface area (Å²) in [6, 6.07) is 8.41. The first-order valence-electron chi connectivity index (χ1n) is 7.32. The maximum absolute atomic E-state index is 11.9. The number of carbonyl (C=O) groups is 1. The van der Waals surface area contributed by atoms with E-state index in [0.29, 0.717) is 31.3 Å². The van der Waals surface area contributed by atoms with Crippen molar-refractivity contribution in [1.29, 1.82) is 0 Å². The van der Waals surface area contributed by atoms with E-state index in [4.69, 9.17) is 9.26 Å². The summed E-state index contributed by atoms with van der Waals surface area (Å²) in [6.45, 7) is 0.847. The standard InChI is InChI=1S/C16H16N2O3/c19-14-5-6-20-9-13(14)16-17-15(18-21-16)12-7-10-3-1-2-4-11(10)8-12/h1-4,12-13H,5-9H2. The van der Waals surface area contributed by atoms with Crippen molar-refractivity contribution in [3.8, 4) is 0 Å². The van der Waals surface area contributed by atoms with Crippen molar-refractivity contribution in [3.63, 3.8) is 0 Å². The molecule has 2 heterocycles. The predicted octanol–water partition coefficient (Wildman–Crippen LogP) is 2.02. The van der Waals surface area contributed by atoms with E-state index in [0.717, 1.165) is 12.8 Å². The number of fused-ring (bicyclic) bond motifs is 1. The highest BCUT2D eigenvalue weighted by Crippen LogP contribution is 2.33. The van der Waals surface area contributed by atoms with Gasteiger partial charge in [-0.1, -0.05) is 29.4 Å². The molecule has 108 valence electrons. The minimum absolute atomic E-state index is 0.131. The molecule has 0 spiro atoms. The van der Waals surface area contributed by atoms with Crippen molar-refractivity contribution in [2.24, 2.45) is 0 Å². The molecule has 1 saturated heterocycles. The third-order valence-electron chi connectivity index (χ3n) is 4.34. The van der Waals surface area contributed by atoms with Crippen molar-refractivity contribution in [1.82, 2.24) is 10.1 Å². The highest BCUT2D eigenvalue weighted by Gasteiger charge is 2.32. The molecule has 1 aliphatic carbocycles. The highest BCUT2D eigenvalue weighted by atomic mass is 16.5. The van der Waals surface area contributed by atoms with Gasteiger partial charge in [-0.2, -0.15) is 4.98 Å². The average Bonchev–Trinajstić information content (AvgIpc) is 3.14.